The molecular formula is C25H29F2N5O3. The summed E-state index contributed by atoms with van der Waals surface area (Å²) in [6, 6.07) is 8.28. The Morgan fingerprint density at radius 1 is 1.06 bits per heavy atom. The molecule has 0 bridgehead atoms. The van der Waals surface area contributed by atoms with E-state index in [0.29, 0.717) is 24.4 Å². The predicted octanol–water partition coefficient (Wildman–Crippen LogP) is 2.30. The third kappa shape index (κ3) is 4.21. The van der Waals surface area contributed by atoms with Crippen LogP contribution in [0.2, 0.25) is 0 Å². The van der Waals surface area contributed by atoms with E-state index in [1.165, 1.54) is 7.11 Å². The molecule has 0 radical (unpaired) electrons. The first-order valence-corrected chi connectivity index (χ1v) is 11.8. The number of ether oxygens (including phenoxy) is 1. The fraction of sp³-hybridized carbons (Fsp3) is 0.440. The molecule has 10 heteroatoms. The maximum Gasteiger partial charge on any atom is 0.252 e. The molecule has 2 aliphatic rings. The monoisotopic (exact) mass is 485 g/mol. The van der Waals surface area contributed by atoms with Crippen molar-refractivity contribution in [3.05, 3.63) is 68.2 Å². The van der Waals surface area contributed by atoms with E-state index >= 15 is 0 Å². The lowest BCUT2D eigenvalue weighted by Gasteiger charge is -2.34. The summed E-state index contributed by atoms with van der Waals surface area (Å²) < 4.78 is 37.2. The fourth-order valence-electron chi connectivity index (χ4n) is 5.34. The van der Waals surface area contributed by atoms with Crippen molar-refractivity contribution in [1.29, 1.82) is 0 Å². The third-order valence-corrected chi connectivity index (χ3v) is 7.16. The molecule has 0 amide bonds. The van der Waals surface area contributed by atoms with Crippen molar-refractivity contribution < 1.29 is 13.5 Å². The summed E-state index contributed by atoms with van der Waals surface area (Å²) in [5, 5.41) is 7.08. The first kappa shape index (κ1) is 23.5. The van der Waals surface area contributed by atoms with Gasteiger partial charge < -0.3 is 20.3 Å². The second-order valence-electron chi connectivity index (χ2n) is 9.21. The quantitative estimate of drug-likeness (QED) is 0.535. The molecule has 8 nitrogen and oxygen atoms in total. The molecule has 1 aromatic carbocycles. The summed E-state index contributed by atoms with van der Waals surface area (Å²) in [5.41, 5.74) is 1.16. The van der Waals surface area contributed by atoms with Crippen LogP contribution in [0.3, 0.4) is 0 Å². The molecule has 0 saturated carbocycles. The Balaban J connectivity index is 1.21. The van der Waals surface area contributed by atoms with Crippen LogP contribution in [0.5, 0.6) is 5.75 Å². The minimum atomic E-state index is -0.993. The standard InChI is InChI=1S/C25H29F2N5O3/c1-28-19-11-16(22(26)23(27)24(19)35-2)12-29-17-7-9-30(10-8-17)13-18-14-31-20(33)5-3-15-4-6-21(34)32(18)25(15)31/h3-6,11,17-18,28-29H,7-10,12-14H2,1-2H3. The van der Waals surface area contributed by atoms with Gasteiger partial charge in [-0.2, -0.15) is 4.39 Å². The summed E-state index contributed by atoms with van der Waals surface area (Å²) in [6.45, 7) is 3.00. The van der Waals surface area contributed by atoms with E-state index < -0.39 is 11.6 Å². The lowest BCUT2D eigenvalue weighted by molar-refractivity contribution is 0.171. The molecule has 2 aromatic heterocycles. The number of benzene rings is 1. The highest BCUT2D eigenvalue weighted by molar-refractivity contribution is 5.76. The summed E-state index contributed by atoms with van der Waals surface area (Å²) >= 11 is 0. The van der Waals surface area contributed by atoms with Crippen molar-refractivity contribution in [1.82, 2.24) is 19.4 Å². The summed E-state index contributed by atoms with van der Waals surface area (Å²) in [4.78, 5) is 27.3. The lowest BCUT2D eigenvalue weighted by atomic mass is 10.0. The Morgan fingerprint density at radius 2 is 1.77 bits per heavy atom. The van der Waals surface area contributed by atoms with Gasteiger partial charge in [0.2, 0.25) is 5.82 Å². The highest BCUT2D eigenvalue weighted by Gasteiger charge is 2.29. The van der Waals surface area contributed by atoms with Crippen molar-refractivity contribution >= 4 is 16.7 Å². The third-order valence-electron chi connectivity index (χ3n) is 7.16. The molecule has 4 heterocycles. The van der Waals surface area contributed by atoms with E-state index in [0.717, 1.165) is 31.3 Å². The zero-order valence-corrected chi connectivity index (χ0v) is 19.8. The number of methoxy groups -OCH3 is 1. The van der Waals surface area contributed by atoms with Crippen molar-refractivity contribution in [3.8, 4) is 5.75 Å². The van der Waals surface area contributed by atoms with Crippen molar-refractivity contribution in [2.24, 2.45) is 0 Å². The van der Waals surface area contributed by atoms with Crippen LogP contribution in [-0.4, -0.2) is 53.9 Å². The number of rotatable bonds is 7. The van der Waals surface area contributed by atoms with Gasteiger partial charge in [0.1, 0.15) is 5.65 Å². The van der Waals surface area contributed by atoms with E-state index in [1.807, 2.05) is 0 Å². The van der Waals surface area contributed by atoms with Crippen LogP contribution in [0.1, 0.15) is 24.4 Å². The van der Waals surface area contributed by atoms with Gasteiger partial charge in [0, 0.05) is 55.8 Å². The predicted molar refractivity (Wildman–Crippen MR) is 130 cm³/mol. The number of likely N-dealkylation sites (tertiary alicyclic amines) is 1. The highest BCUT2D eigenvalue weighted by Crippen LogP contribution is 2.32. The van der Waals surface area contributed by atoms with Crippen molar-refractivity contribution in [2.45, 2.75) is 38.0 Å². The summed E-state index contributed by atoms with van der Waals surface area (Å²) in [7, 11) is 2.94. The Labute approximate surface area is 201 Å². The number of nitrogens with one attached hydrogen (secondary N) is 2. The van der Waals surface area contributed by atoms with Gasteiger partial charge in [0.15, 0.2) is 11.6 Å². The number of hydrogen-bond donors (Lipinski definition) is 2. The minimum Gasteiger partial charge on any atom is -0.491 e. The Morgan fingerprint density at radius 3 is 2.46 bits per heavy atom. The SMILES string of the molecule is CNc1cc(CNC2CCN(CC3Cn4c(=O)ccc5ccc(=O)n3c54)CC2)c(F)c(F)c1OC. The van der Waals surface area contributed by atoms with Crippen LogP contribution in [0.4, 0.5) is 14.5 Å². The maximum atomic E-state index is 14.5. The van der Waals surface area contributed by atoms with Gasteiger partial charge in [0.05, 0.1) is 18.8 Å². The maximum absolute atomic E-state index is 14.5. The normalized spacial score (nSPS) is 18.3. The molecule has 3 aromatic rings. The van der Waals surface area contributed by atoms with Gasteiger partial charge in [0.25, 0.3) is 11.1 Å². The van der Waals surface area contributed by atoms with Gasteiger partial charge in [-0.05, 0) is 44.1 Å². The van der Waals surface area contributed by atoms with Gasteiger partial charge in [-0.3, -0.25) is 18.7 Å². The number of piperidine rings is 1. The zero-order valence-electron chi connectivity index (χ0n) is 19.8. The van der Waals surface area contributed by atoms with Crippen LogP contribution >= 0.6 is 0 Å². The number of nitrogens with zero attached hydrogens (tertiary/aromatic N) is 3. The fourth-order valence-corrected chi connectivity index (χ4v) is 5.34. The molecular weight excluding hydrogens is 456 g/mol. The smallest absolute Gasteiger partial charge is 0.252 e. The molecule has 0 aliphatic carbocycles. The summed E-state index contributed by atoms with van der Waals surface area (Å²) in [5.74, 6) is -2.03. The Bertz CT molecular complexity index is 1370. The first-order chi connectivity index (χ1) is 16.9. The van der Waals surface area contributed by atoms with Crippen LogP contribution in [0.15, 0.2) is 39.9 Å². The number of anilines is 1. The van der Waals surface area contributed by atoms with E-state index in [1.54, 1.807) is 46.5 Å². The van der Waals surface area contributed by atoms with Crippen LogP contribution < -0.4 is 26.5 Å². The van der Waals surface area contributed by atoms with Gasteiger partial charge in [-0.15, -0.1) is 0 Å². The second kappa shape index (κ2) is 9.43. The van der Waals surface area contributed by atoms with Crippen LogP contribution in [-0.2, 0) is 13.1 Å². The molecule has 1 fully saturated rings. The van der Waals surface area contributed by atoms with Crippen molar-refractivity contribution in [3.63, 3.8) is 0 Å². The zero-order chi connectivity index (χ0) is 24.7. The topological polar surface area (TPSA) is 80.5 Å². The highest BCUT2D eigenvalue weighted by atomic mass is 19.2. The van der Waals surface area contributed by atoms with Crippen LogP contribution in [0.25, 0.3) is 11.0 Å². The first-order valence-electron chi connectivity index (χ1n) is 11.8. The molecule has 2 aliphatic heterocycles. The number of aromatic nitrogens is 2. The molecule has 0 spiro atoms. The van der Waals surface area contributed by atoms with Gasteiger partial charge in [-0.1, -0.05) is 0 Å². The van der Waals surface area contributed by atoms with Gasteiger partial charge >= 0.3 is 0 Å². The molecule has 1 saturated heterocycles. The van der Waals surface area contributed by atoms with Crippen LogP contribution in [0, 0.1) is 11.6 Å². The second-order valence-corrected chi connectivity index (χ2v) is 9.21. The van der Waals surface area contributed by atoms with E-state index in [2.05, 4.69) is 15.5 Å². The van der Waals surface area contributed by atoms with E-state index in [9.17, 15) is 18.4 Å². The van der Waals surface area contributed by atoms with E-state index in [-0.39, 0.29) is 41.1 Å². The average molecular weight is 486 g/mol. The molecule has 1 atom stereocenters. The van der Waals surface area contributed by atoms with E-state index in [4.69, 9.17) is 4.74 Å². The summed E-state index contributed by atoms with van der Waals surface area (Å²) in [6.07, 6.45) is 1.69. The lowest BCUT2D eigenvalue weighted by Crippen LogP contribution is -2.44. The Kier molecular flexibility index (Phi) is 6.33. The molecule has 1 unspecified atom stereocenters. The number of hydrogen-bond acceptors (Lipinski definition) is 6. The number of halogens is 2. The molecule has 186 valence electrons. The van der Waals surface area contributed by atoms with Gasteiger partial charge in [-0.25, -0.2) is 4.39 Å². The average Bonchev–Trinajstić information content (AvgIpc) is 3.25. The molecule has 2 N–H and O–H groups in total. The minimum absolute atomic E-state index is 0.0918. The van der Waals surface area contributed by atoms with Crippen molar-refractivity contribution in [2.75, 3.05) is 39.1 Å². The Hall–Kier alpha value is -3.24. The molecule has 35 heavy (non-hydrogen) atoms. The largest absolute Gasteiger partial charge is 0.491 e. The molecule has 5 rings (SSSR count). The number of pyridine rings is 2.